The van der Waals surface area contributed by atoms with E-state index < -0.39 is 0 Å². The molecule has 0 aromatic rings. The topological polar surface area (TPSA) is 32.3 Å². The number of rotatable bonds is 4. The second kappa shape index (κ2) is 8.26. The summed E-state index contributed by atoms with van der Waals surface area (Å²) in [4.78, 5) is 0. The SMILES string of the molecule is CCCC1CCCC(NC2CCCCCC2O)CC1. The van der Waals surface area contributed by atoms with E-state index in [1.54, 1.807) is 0 Å². The van der Waals surface area contributed by atoms with Crippen LogP contribution in [0.1, 0.15) is 84.0 Å². The van der Waals surface area contributed by atoms with Gasteiger partial charge in [-0.2, -0.15) is 0 Å². The molecule has 4 atom stereocenters. The summed E-state index contributed by atoms with van der Waals surface area (Å²) in [6.45, 7) is 2.31. The van der Waals surface area contributed by atoms with E-state index in [-0.39, 0.29) is 6.10 Å². The Kier molecular flexibility index (Phi) is 6.66. The van der Waals surface area contributed by atoms with E-state index in [0.29, 0.717) is 12.1 Å². The summed E-state index contributed by atoms with van der Waals surface area (Å²) in [7, 11) is 0. The molecule has 2 heteroatoms. The van der Waals surface area contributed by atoms with Crippen molar-refractivity contribution < 1.29 is 5.11 Å². The molecule has 112 valence electrons. The van der Waals surface area contributed by atoms with Crippen LogP contribution in [0.4, 0.5) is 0 Å². The molecule has 2 N–H and O–H groups in total. The van der Waals surface area contributed by atoms with Crippen LogP contribution in [0.5, 0.6) is 0 Å². The molecule has 0 aromatic carbocycles. The molecule has 2 rings (SSSR count). The Labute approximate surface area is 119 Å². The van der Waals surface area contributed by atoms with Gasteiger partial charge in [-0.05, 0) is 38.0 Å². The first-order valence-corrected chi connectivity index (χ1v) is 8.73. The molecular formula is C17H33NO. The largest absolute Gasteiger partial charge is 0.392 e. The minimum Gasteiger partial charge on any atom is -0.392 e. The third-order valence-corrected chi connectivity index (χ3v) is 5.21. The molecule has 0 aromatic heterocycles. The van der Waals surface area contributed by atoms with Gasteiger partial charge in [0.25, 0.3) is 0 Å². The number of aliphatic hydroxyl groups excluding tert-OH is 1. The normalized spacial score (nSPS) is 37.6. The maximum Gasteiger partial charge on any atom is 0.0693 e. The fourth-order valence-electron chi connectivity index (χ4n) is 4.03. The molecule has 0 saturated heterocycles. The summed E-state index contributed by atoms with van der Waals surface area (Å²) in [6, 6.07) is 1.04. The number of nitrogens with one attached hydrogen (secondary N) is 1. The van der Waals surface area contributed by atoms with Crippen LogP contribution in [0.2, 0.25) is 0 Å². The van der Waals surface area contributed by atoms with Gasteiger partial charge in [0.1, 0.15) is 0 Å². The summed E-state index contributed by atoms with van der Waals surface area (Å²) in [5.74, 6) is 0.968. The quantitative estimate of drug-likeness (QED) is 0.754. The molecule has 2 saturated carbocycles. The van der Waals surface area contributed by atoms with E-state index >= 15 is 0 Å². The van der Waals surface area contributed by atoms with Gasteiger partial charge >= 0.3 is 0 Å². The zero-order valence-corrected chi connectivity index (χ0v) is 12.7. The van der Waals surface area contributed by atoms with Gasteiger partial charge in [-0.15, -0.1) is 0 Å². The lowest BCUT2D eigenvalue weighted by molar-refractivity contribution is 0.112. The Hall–Kier alpha value is -0.0800. The summed E-state index contributed by atoms with van der Waals surface area (Å²) in [5, 5.41) is 14.0. The van der Waals surface area contributed by atoms with Crippen LogP contribution >= 0.6 is 0 Å². The van der Waals surface area contributed by atoms with Gasteiger partial charge in [0.15, 0.2) is 0 Å². The van der Waals surface area contributed by atoms with Gasteiger partial charge in [-0.3, -0.25) is 0 Å². The monoisotopic (exact) mass is 267 g/mol. The van der Waals surface area contributed by atoms with E-state index in [0.717, 1.165) is 12.3 Å². The molecule has 0 spiro atoms. The average Bonchev–Trinajstić information content (AvgIpc) is 2.73. The number of hydrogen-bond acceptors (Lipinski definition) is 2. The standard InChI is InChI=1S/C17H33NO/c1-2-7-14-8-6-9-15(13-12-14)18-16-10-4-3-5-11-17(16)19/h14-19H,2-13H2,1H3. The van der Waals surface area contributed by atoms with Crippen molar-refractivity contribution in [2.75, 3.05) is 0 Å². The molecular weight excluding hydrogens is 234 g/mol. The predicted molar refractivity (Wildman–Crippen MR) is 81.3 cm³/mol. The van der Waals surface area contributed by atoms with Crippen molar-refractivity contribution in [3.8, 4) is 0 Å². The van der Waals surface area contributed by atoms with Crippen molar-refractivity contribution in [3.63, 3.8) is 0 Å². The van der Waals surface area contributed by atoms with Crippen LogP contribution in [-0.4, -0.2) is 23.3 Å². The molecule has 2 fully saturated rings. The van der Waals surface area contributed by atoms with Crippen LogP contribution in [0.25, 0.3) is 0 Å². The van der Waals surface area contributed by atoms with Gasteiger partial charge in [-0.25, -0.2) is 0 Å². The first-order valence-electron chi connectivity index (χ1n) is 8.73. The zero-order chi connectivity index (χ0) is 13.5. The number of hydrogen-bond donors (Lipinski definition) is 2. The van der Waals surface area contributed by atoms with Crippen molar-refractivity contribution in [1.29, 1.82) is 0 Å². The lowest BCUT2D eigenvalue weighted by atomic mass is 9.95. The molecule has 2 aliphatic carbocycles. The Bertz CT molecular complexity index is 243. The van der Waals surface area contributed by atoms with Gasteiger partial charge in [-0.1, -0.05) is 51.9 Å². The van der Waals surface area contributed by atoms with Crippen molar-refractivity contribution in [2.24, 2.45) is 5.92 Å². The Morgan fingerprint density at radius 3 is 2.58 bits per heavy atom. The Balaban J connectivity index is 1.78. The van der Waals surface area contributed by atoms with Gasteiger partial charge < -0.3 is 10.4 Å². The molecule has 0 amide bonds. The highest BCUT2D eigenvalue weighted by molar-refractivity contribution is 4.84. The maximum atomic E-state index is 10.2. The van der Waals surface area contributed by atoms with E-state index in [2.05, 4.69) is 12.2 Å². The van der Waals surface area contributed by atoms with E-state index in [1.165, 1.54) is 70.6 Å². The average molecular weight is 267 g/mol. The minimum absolute atomic E-state index is 0.0998. The van der Waals surface area contributed by atoms with Crippen LogP contribution < -0.4 is 5.32 Å². The predicted octanol–water partition coefficient (Wildman–Crippen LogP) is 4.02. The highest BCUT2D eigenvalue weighted by Gasteiger charge is 2.25. The second-order valence-electron chi connectivity index (χ2n) is 6.84. The third kappa shape index (κ3) is 5.07. The molecule has 2 aliphatic rings. The first-order chi connectivity index (χ1) is 9.29. The van der Waals surface area contributed by atoms with E-state index in [9.17, 15) is 5.11 Å². The highest BCUT2D eigenvalue weighted by Crippen LogP contribution is 2.28. The lowest BCUT2D eigenvalue weighted by Crippen LogP contribution is -2.44. The van der Waals surface area contributed by atoms with Crippen LogP contribution in [-0.2, 0) is 0 Å². The fourth-order valence-corrected chi connectivity index (χ4v) is 4.03. The van der Waals surface area contributed by atoms with E-state index in [1.807, 2.05) is 0 Å². The van der Waals surface area contributed by atoms with Crippen LogP contribution in [0.15, 0.2) is 0 Å². The lowest BCUT2D eigenvalue weighted by Gasteiger charge is -2.27. The van der Waals surface area contributed by atoms with Gasteiger partial charge in [0.05, 0.1) is 6.10 Å². The molecule has 2 nitrogen and oxygen atoms in total. The second-order valence-corrected chi connectivity index (χ2v) is 6.84. The summed E-state index contributed by atoms with van der Waals surface area (Å²) in [5.41, 5.74) is 0. The smallest absolute Gasteiger partial charge is 0.0693 e. The highest BCUT2D eigenvalue weighted by atomic mass is 16.3. The molecule has 19 heavy (non-hydrogen) atoms. The molecule has 0 aliphatic heterocycles. The van der Waals surface area contributed by atoms with Gasteiger partial charge in [0, 0.05) is 12.1 Å². The van der Waals surface area contributed by atoms with Crippen molar-refractivity contribution in [2.45, 2.75) is 102 Å². The summed E-state index contributed by atoms with van der Waals surface area (Å²) < 4.78 is 0. The molecule has 0 radical (unpaired) electrons. The third-order valence-electron chi connectivity index (χ3n) is 5.21. The first kappa shape index (κ1) is 15.3. The van der Waals surface area contributed by atoms with Gasteiger partial charge in [0.2, 0.25) is 0 Å². The number of aliphatic hydroxyl groups is 1. The Morgan fingerprint density at radius 1 is 0.895 bits per heavy atom. The van der Waals surface area contributed by atoms with E-state index in [4.69, 9.17) is 0 Å². The van der Waals surface area contributed by atoms with Crippen LogP contribution in [0, 0.1) is 5.92 Å². The minimum atomic E-state index is -0.0998. The summed E-state index contributed by atoms with van der Waals surface area (Å²) >= 11 is 0. The fraction of sp³-hybridized carbons (Fsp3) is 1.00. The molecule has 0 bridgehead atoms. The van der Waals surface area contributed by atoms with Crippen molar-refractivity contribution >= 4 is 0 Å². The maximum absolute atomic E-state index is 10.2. The van der Waals surface area contributed by atoms with Crippen molar-refractivity contribution in [3.05, 3.63) is 0 Å². The summed E-state index contributed by atoms with van der Waals surface area (Å²) in [6.07, 6.45) is 15.5. The molecule has 4 unspecified atom stereocenters. The van der Waals surface area contributed by atoms with Crippen LogP contribution in [0.3, 0.4) is 0 Å². The van der Waals surface area contributed by atoms with Crippen molar-refractivity contribution in [1.82, 2.24) is 5.32 Å². The molecule has 0 heterocycles. The Morgan fingerprint density at radius 2 is 1.74 bits per heavy atom. The zero-order valence-electron chi connectivity index (χ0n) is 12.7.